The Morgan fingerprint density at radius 3 is 2.90 bits per heavy atom. The highest BCUT2D eigenvalue weighted by Crippen LogP contribution is 2.16. The molecule has 2 rings (SSSR count). The van der Waals surface area contributed by atoms with E-state index in [9.17, 15) is 14.3 Å². The smallest absolute Gasteiger partial charge is 0.319 e. The fourth-order valence-corrected chi connectivity index (χ4v) is 2.28. The van der Waals surface area contributed by atoms with Crippen LogP contribution in [0.5, 0.6) is 0 Å². The molecule has 1 heterocycles. The number of halogens is 2. The minimum atomic E-state index is -0.895. The van der Waals surface area contributed by atoms with Crippen LogP contribution in [-0.2, 0) is 0 Å². The zero-order chi connectivity index (χ0) is 14.6. The second kappa shape index (κ2) is 7.59. The number of β-amino-alcohol motifs (C(OH)–C–C–N with tert-alkyl or cyclic N) is 1. The van der Waals surface area contributed by atoms with Crippen LogP contribution in [0.25, 0.3) is 0 Å². The topological polar surface area (TPSA) is 73.4 Å². The number of hydrogen-bond donors (Lipinski definition) is 4. The summed E-state index contributed by atoms with van der Waals surface area (Å²) >= 11 is 0. The third-order valence-electron chi connectivity index (χ3n) is 3.46. The van der Waals surface area contributed by atoms with Crippen molar-refractivity contribution in [1.29, 1.82) is 0 Å². The molecule has 0 radical (unpaired) electrons. The van der Waals surface area contributed by atoms with E-state index in [4.69, 9.17) is 0 Å². The maximum atomic E-state index is 13.0. The summed E-state index contributed by atoms with van der Waals surface area (Å²) in [7, 11) is 0. The molecule has 0 aromatic heterocycles. The lowest BCUT2D eigenvalue weighted by Gasteiger charge is -2.32. The van der Waals surface area contributed by atoms with E-state index in [1.165, 1.54) is 18.2 Å². The highest BCUT2D eigenvalue weighted by molar-refractivity contribution is 5.90. The van der Waals surface area contributed by atoms with Gasteiger partial charge < -0.3 is 21.1 Å². The van der Waals surface area contributed by atoms with Crippen molar-refractivity contribution in [2.75, 3.05) is 25.0 Å². The molecule has 0 saturated carbocycles. The van der Waals surface area contributed by atoms with Crippen molar-refractivity contribution in [3.05, 3.63) is 29.6 Å². The van der Waals surface area contributed by atoms with Crippen molar-refractivity contribution < 1.29 is 14.3 Å². The lowest BCUT2D eigenvalue weighted by molar-refractivity contribution is 0.0198. The highest BCUT2D eigenvalue weighted by Gasteiger charge is 2.29. The van der Waals surface area contributed by atoms with E-state index in [1.54, 1.807) is 6.92 Å². The number of aryl methyl sites for hydroxylation is 1. The molecule has 1 fully saturated rings. The van der Waals surface area contributed by atoms with Gasteiger partial charge in [0.15, 0.2) is 0 Å². The lowest BCUT2D eigenvalue weighted by Crippen LogP contribution is -2.53. The molecule has 118 valence electrons. The van der Waals surface area contributed by atoms with E-state index in [0.29, 0.717) is 24.2 Å². The number of rotatable bonds is 3. The summed E-state index contributed by atoms with van der Waals surface area (Å²) in [6, 6.07) is 3.76. The second-order valence-corrected chi connectivity index (χ2v) is 5.27. The molecule has 1 aromatic rings. The summed E-state index contributed by atoms with van der Waals surface area (Å²) < 4.78 is 13.0. The Hall–Kier alpha value is -1.37. The van der Waals surface area contributed by atoms with Crippen LogP contribution >= 0.6 is 12.4 Å². The average molecular weight is 318 g/mol. The van der Waals surface area contributed by atoms with Crippen molar-refractivity contribution >= 4 is 24.1 Å². The van der Waals surface area contributed by atoms with Crippen LogP contribution in [0, 0.1) is 12.7 Å². The molecule has 1 atom stereocenters. The van der Waals surface area contributed by atoms with Crippen LogP contribution in [0.15, 0.2) is 18.2 Å². The van der Waals surface area contributed by atoms with Gasteiger partial charge in [-0.3, -0.25) is 0 Å². The Balaban J connectivity index is 0.00000220. The van der Waals surface area contributed by atoms with E-state index in [2.05, 4.69) is 16.0 Å². The molecule has 1 aliphatic rings. The van der Waals surface area contributed by atoms with Crippen molar-refractivity contribution in [3.8, 4) is 0 Å². The summed E-state index contributed by atoms with van der Waals surface area (Å²) in [6.07, 6.45) is 1.55. The van der Waals surface area contributed by atoms with E-state index < -0.39 is 11.6 Å². The number of carbonyl (C=O) groups excluding carboxylic acids is 1. The molecule has 4 N–H and O–H groups in total. The number of anilines is 1. The summed E-state index contributed by atoms with van der Waals surface area (Å²) in [6.45, 7) is 3.27. The van der Waals surface area contributed by atoms with Crippen molar-refractivity contribution in [2.24, 2.45) is 0 Å². The summed E-state index contributed by atoms with van der Waals surface area (Å²) in [5.74, 6) is -0.337. The molecule has 2 amide bonds. The first-order valence-electron chi connectivity index (χ1n) is 6.73. The molecular weight excluding hydrogens is 297 g/mol. The first-order chi connectivity index (χ1) is 9.48. The molecule has 1 unspecified atom stereocenters. The van der Waals surface area contributed by atoms with Gasteiger partial charge in [-0.25, -0.2) is 9.18 Å². The number of carbonyl (C=O) groups is 1. The van der Waals surface area contributed by atoms with Gasteiger partial charge in [0.1, 0.15) is 5.82 Å². The van der Waals surface area contributed by atoms with Gasteiger partial charge in [-0.1, -0.05) is 0 Å². The average Bonchev–Trinajstić information content (AvgIpc) is 2.41. The first-order valence-corrected chi connectivity index (χ1v) is 6.73. The Labute approximate surface area is 129 Å². The molecular formula is C14H21ClFN3O2. The normalized spacial score (nSPS) is 21.3. The standard InChI is InChI=1S/C14H20FN3O2.ClH/c1-10-7-11(15)3-4-12(10)18-13(19)17-9-14(20)5-2-6-16-8-14;/h3-4,7,16,20H,2,5-6,8-9H2,1H3,(H2,17,18,19);1H. The van der Waals surface area contributed by atoms with Gasteiger partial charge >= 0.3 is 6.03 Å². The van der Waals surface area contributed by atoms with Crippen LogP contribution < -0.4 is 16.0 Å². The maximum absolute atomic E-state index is 13.0. The van der Waals surface area contributed by atoms with Crippen LogP contribution in [0.4, 0.5) is 14.9 Å². The minimum absolute atomic E-state index is 0. The van der Waals surface area contributed by atoms with Gasteiger partial charge in [-0.05, 0) is 50.1 Å². The Morgan fingerprint density at radius 1 is 1.52 bits per heavy atom. The summed E-state index contributed by atoms with van der Waals surface area (Å²) in [4.78, 5) is 11.8. The molecule has 5 nitrogen and oxygen atoms in total. The third-order valence-corrected chi connectivity index (χ3v) is 3.46. The Kier molecular flexibility index (Phi) is 6.39. The van der Waals surface area contributed by atoms with Gasteiger partial charge in [0.05, 0.1) is 5.60 Å². The minimum Gasteiger partial charge on any atom is -0.387 e. The molecule has 7 heteroatoms. The van der Waals surface area contributed by atoms with Gasteiger partial charge in [0.25, 0.3) is 0 Å². The van der Waals surface area contributed by atoms with Crippen LogP contribution in [0.1, 0.15) is 18.4 Å². The van der Waals surface area contributed by atoms with E-state index in [-0.39, 0.29) is 24.8 Å². The predicted octanol–water partition coefficient (Wildman–Crippen LogP) is 1.79. The third kappa shape index (κ3) is 5.15. The number of urea groups is 1. The van der Waals surface area contributed by atoms with E-state index in [0.717, 1.165) is 13.0 Å². The molecule has 1 aliphatic heterocycles. The molecule has 21 heavy (non-hydrogen) atoms. The fraction of sp³-hybridized carbons (Fsp3) is 0.500. The summed E-state index contributed by atoms with van der Waals surface area (Å²) in [5.41, 5.74) is 0.309. The fourth-order valence-electron chi connectivity index (χ4n) is 2.28. The number of amides is 2. The second-order valence-electron chi connectivity index (χ2n) is 5.27. The lowest BCUT2D eigenvalue weighted by atomic mass is 9.94. The molecule has 1 saturated heterocycles. The number of benzene rings is 1. The molecule has 1 aromatic carbocycles. The van der Waals surface area contributed by atoms with Gasteiger partial charge in [0, 0.05) is 18.8 Å². The Morgan fingerprint density at radius 2 is 2.29 bits per heavy atom. The monoisotopic (exact) mass is 317 g/mol. The summed E-state index contributed by atoms with van der Waals surface area (Å²) in [5, 5.41) is 18.6. The number of hydrogen-bond acceptors (Lipinski definition) is 3. The van der Waals surface area contributed by atoms with Gasteiger partial charge in [-0.15, -0.1) is 12.4 Å². The van der Waals surface area contributed by atoms with Crippen LogP contribution in [0.2, 0.25) is 0 Å². The van der Waals surface area contributed by atoms with Crippen molar-refractivity contribution in [3.63, 3.8) is 0 Å². The largest absolute Gasteiger partial charge is 0.387 e. The zero-order valence-corrected chi connectivity index (χ0v) is 12.7. The molecule has 0 spiro atoms. The zero-order valence-electron chi connectivity index (χ0n) is 11.9. The van der Waals surface area contributed by atoms with Crippen LogP contribution in [0.3, 0.4) is 0 Å². The highest BCUT2D eigenvalue weighted by atomic mass is 35.5. The van der Waals surface area contributed by atoms with Crippen molar-refractivity contribution in [1.82, 2.24) is 10.6 Å². The van der Waals surface area contributed by atoms with Gasteiger partial charge in [0.2, 0.25) is 0 Å². The SMILES string of the molecule is Cc1cc(F)ccc1NC(=O)NCC1(O)CCCNC1.Cl. The van der Waals surface area contributed by atoms with Crippen molar-refractivity contribution in [2.45, 2.75) is 25.4 Å². The maximum Gasteiger partial charge on any atom is 0.319 e. The quantitative estimate of drug-likeness (QED) is 0.687. The predicted molar refractivity (Wildman–Crippen MR) is 82.5 cm³/mol. The number of piperidine rings is 1. The first kappa shape index (κ1) is 17.7. The Bertz CT molecular complexity index is 493. The van der Waals surface area contributed by atoms with E-state index >= 15 is 0 Å². The van der Waals surface area contributed by atoms with Crippen LogP contribution in [-0.4, -0.2) is 36.4 Å². The molecule has 0 aliphatic carbocycles. The van der Waals surface area contributed by atoms with Gasteiger partial charge in [-0.2, -0.15) is 0 Å². The number of nitrogens with one attached hydrogen (secondary N) is 3. The molecule has 0 bridgehead atoms. The number of aliphatic hydroxyl groups is 1. The van der Waals surface area contributed by atoms with E-state index in [1.807, 2.05) is 0 Å².